The average molecular weight is 354 g/mol. The van der Waals surface area contributed by atoms with Crippen LogP contribution < -0.4 is 19.5 Å². The molecule has 0 aliphatic rings. The summed E-state index contributed by atoms with van der Waals surface area (Å²) in [6.45, 7) is 0.0754. The number of benzene rings is 2. The Labute approximate surface area is 150 Å². The molecular formula is C19H18N2O5. The van der Waals surface area contributed by atoms with Crippen molar-refractivity contribution in [2.45, 2.75) is 0 Å². The number of ether oxygens (including phenoxy) is 3. The number of hydrogen-bond donors (Lipinski definition) is 2. The van der Waals surface area contributed by atoms with E-state index >= 15 is 0 Å². The van der Waals surface area contributed by atoms with E-state index in [9.17, 15) is 4.79 Å². The first-order valence-electron chi connectivity index (χ1n) is 7.93. The molecule has 1 heterocycles. The van der Waals surface area contributed by atoms with Crippen LogP contribution in [0.5, 0.6) is 23.0 Å². The summed E-state index contributed by atoms with van der Waals surface area (Å²) in [6.07, 6.45) is 2.26. The van der Waals surface area contributed by atoms with Crippen molar-refractivity contribution in [3.05, 3.63) is 48.7 Å². The van der Waals surface area contributed by atoms with Crippen LogP contribution in [0.4, 0.5) is 5.69 Å². The quantitative estimate of drug-likeness (QED) is 0.605. The van der Waals surface area contributed by atoms with E-state index in [0.29, 0.717) is 40.6 Å². The lowest BCUT2D eigenvalue weighted by Gasteiger charge is -2.13. The van der Waals surface area contributed by atoms with Crippen molar-refractivity contribution in [1.82, 2.24) is 4.98 Å². The first kappa shape index (κ1) is 17.5. The van der Waals surface area contributed by atoms with Gasteiger partial charge in [-0.2, -0.15) is 0 Å². The maximum atomic E-state index is 10.5. The number of pyridine rings is 1. The van der Waals surface area contributed by atoms with Gasteiger partial charge >= 0.3 is 0 Å². The van der Waals surface area contributed by atoms with Crippen LogP contribution in [0, 0.1) is 0 Å². The first-order valence-corrected chi connectivity index (χ1v) is 7.93. The van der Waals surface area contributed by atoms with Crippen LogP contribution >= 0.6 is 0 Å². The molecule has 0 bridgehead atoms. The molecule has 0 radical (unpaired) electrons. The zero-order chi connectivity index (χ0) is 18.4. The van der Waals surface area contributed by atoms with Crippen LogP contribution in [-0.4, -0.2) is 36.8 Å². The number of amides is 1. The van der Waals surface area contributed by atoms with Gasteiger partial charge in [0.25, 0.3) is 0 Å². The predicted molar refractivity (Wildman–Crippen MR) is 97.1 cm³/mol. The summed E-state index contributed by atoms with van der Waals surface area (Å²) < 4.78 is 16.8. The number of aliphatic hydroxyl groups is 1. The summed E-state index contributed by atoms with van der Waals surface area (Å²) in [6, 6.07) is 12.3. The Hall–Kier alpha value is -3.32. The Morgan fingerprint density at radius 2 is 1.92 bits per heavy atom. The number of carbonyl (C=O) groups is 1. The van der Waals surface area contributed by atoms with Gasteiger partial charge in [0.05, 0.1) is 19.2 Å². The van der Waals surface area contributed by atoms with E-state index in [4.69, 9.17) is 19.3 Å². The highest BCUT2D eigenvalue weighted by Gasteiger charge is 2.12. The topological polar surface area (TPSA) is 89.9 Å². The Kier molecular flexibility index (Phi) is 5.50. The standard InChI is InChI=1S/C19H18N2O5/c1-24-18-10-15-16(11-19(18)25-9-8-22)20-7-6-17(15)26-14-4-2-13(3-5-14)21-12-23/h2-7,10-12,22H,8-9H2,1H3,(H,21,23). The fourth-order valence-corrected chi connectivity index (χ4v) is 2.46. The maximum absolute atomic E-state index is 10.5. The fraction of sp³-hybridized carbons (Fsp3) is 0.158. The largest absolute Gasteiger partial charge is 0.493 e. The summed E-state index contributed by atoms with van der Waals surface area (Å²) in [5.41, 5.74) is 1.36. The molecule has 0 fully saturated rings. The Balaban J connectivity index is 1.94. The lowest BCUT2D eigenvalue weighted by Crippen LogP contribution is -2.03. The van der Waals surface area contributed by atoms with Gasteiger partial charge in [-0.1, -0.05) is 0 Å². The van der Waals surface area contributed by atoms with Gasteiger partial charge in [-0.15, -0.1) is 0 Å². The summed E-state index contributed by atoms with van der Waals surface area (Å²) in [5.74, 6) is 2.25. The molecule has 0 atom stereocenters. The van der Waals surface area contributed by atoms with E-state index in [1.807, 2.05) is 0 Å². The van der Waals surface area contributed by atoms with Crippen molar-refractivity contribution >= 4 is 23.0 Å². The molecule has 1 aromatic heterocycles. The molecule has 1 amide bonds. The van der Waals surface area contributed by atoms with Crippen LogP contribution in [0.2, 0.25) is 0 Å². The Morgan fingerprint density at radius 1 is 1.12 bits per heavy atom. The monoisotopic (exact) mass is 354 g/mol. The van der Waals surface area contributed by atoms with Gasteiger partial charge in [0.15, 0.2) is 11.5 Å². The second kappa shape index (κ2) is 8.17. The molecule has 2 N–H and O–H groups in total. The highest BCUT2D eigenvalue weighted by molar-refractivity contribution is 5.88. The molecule has 3 rings (SSSR count). The van der Waals surface area contributed by atoms with E-state index in [2.05, 4.69) is 10.3 Å². The number of aromatic nitrogens is 1. The lowest BCUT2D eigenvalue weighted by molar-refractivity contribution is -0.105. The SMILES string of the molecule is COc1cc2c(Oc3ccc(NC=O)cc3)ccnc2cc1OCCO. The summed E-state index contributed by atoms with van der Waals surface area (Å²) in [4.78, 5) is 14.8. The highest BCUT2D eigenvalue weighted by Crippen LogP contribution is 2.37. The number of rotatable bonds is 8. The van der Waals surface area contributed by atoms with Gasteiger partial charge in [0, 0.05) is 23.3 Å². The summed E-state index contributed by atoms with van der Waals surface area (Å²) in [5, 5.41) is 12.3. The van der Waals surface area contributed by atoms with E-state index in [0.717, 1.165) is 5.39 Å². The minimum absolute atomic E-state index is 0.0905. The van der Waals surface area contributed by atoms with Crippen molar-refractivity contribution in [2.24, 2.45) is 0 Å². The fourth-order valence-electron chi connectivity index (χ4n) is 2.46. The third-order valence-electron chi connectivity index (χ3n) is 3.64. The lowest BCUT2D eigenvalue weighted by atomic mass is 10.2. The van der Waals surface area contributed by atoms with E-state index < -0.39 is 0 Å². The van der Waals surface area contributed by atoms with E-state index in [1.54, 1.807) is 55.8 Å². The van der Waals surface area contributed by atoms with Crippen LogP contribution in [0.1, 0.15) is 0 Å². The van der Waals surface area contributed by atoms with Crippen LogP contribution in [-0.2, 0) is 4.79 Å². The van der Waals surface area contributed by atoms with Gasteiger partial charge < -0.3 is 24.6 Å². The van der Waals surface area contributed by atoms with Gasteiger partial charge in [0.2, 0.25) is 6.41 Å². The molecule has 0 spiro atoms. The third kappa shape index (κ3) is 3.84. The molecule has 0 aliphatic heterocycles. The van der Waals surface area contributed by atoms with Crippen molar-refractivity contribution < 1.29 is 24.1 Å². The van der Waals surface area contributed by atoms with Crippen LogP contribution in [0.25, 0.3) is 10.9 Å². The molecular weight excluding hydrogens is 336 g/mol. The van der Waals surface area contributed by atoms with Crippen LogP contribution in [0.15, 0.2) is 48.7 Å². The molecule has 7 heteroatoms. The number of anilines is 1. The molecule has 3 aromatic rings. The van der Waals surface area contributed by atoms with Crippen LogP contribution in [0.3, 0.4) is 0 Å². The molecule has 7 nitrogen and oxygen atoms in total. The summed E-state index contributed by atoms with van der Waals surface area (Å²) in [7, 11) is 1.54. The van der Waals surface area contributed by atoms with Gasteiger partial charge in [-0.25, -0.2) is 0 Å². The number of fused-ring (bicyclic) bond motifs is 1. The summed E-state index contributed by atoms with van der Waals surface area (Å²) >= 11 is 0. The third-order valence-corrected chi connectivity index (χ3v) is 3.64. The molecule has 2 aromatic carbocycles. The smallest absolute Gasteiger partial charge is 0.211 e. The predicted octanol–water partition coefficient (Wildman–Crippen LogP) is 2.98. The van der Waals surface area contributed by atoms with Gasteiger partial charge in [0.1, 0.15) is 18.1 Å². The van der Waals surface area contributed by atoms with E-state index in [-0.39, 0.29) is 13.2 Å². The number of aliphatic hydroxyl groups excluding tert-OH is 1. The van der Waals surface area contributed by atoms with Crippen molar-refractivity contribution in [3.8, 4) is 23.0 Å². The van der Waals surface area contributed by atoms with Gasteiger partial charge in [-0.05, 0) is 36.4 Å². The number of nitrogens with one attached hydrogen (secondary N) is 1. The number of carbonyl (C=O) groups excluding carboxylic acids is 1. The van der Waals surface area contributed by atoms with E-state index in [1.165, 1.54) is 0 Å². The second-order valence-corrected chi connectivity index (χ2v) is 5.29. The number of nitrogens with zero attached hydrogens (tertiary/aromatic N) is 1. The van der Waals surface area contributed by atoms with Crippen molar-refractivity contribution in [3.63, 3.8) is 0 Å². The molecule has 0 aliphatic carbocycles. The molecule has 134 valence electrons. The average Bonchev–Trinajstić information content (AvgIpc) is 2.67. The van der Waals surface area contributed by atoms with Crippen molar-refractivity contribution in [2.75, 3.05) is 25.6 Å². The minimum atomic E-state index is -0.0905. The zero-order valence-electron chi connectivity index (χ0n) is 14.1. The minimum Gasteiger partial charge on any atom is -0.493 e. The Morgan fingerprint density at radius 3 is 2.62 bits per heavy atom. The number of methoxy groups -OCH3 is 1. The molecule has 0 saturated carbocycles. The first-order chi connectivity index (χ1) is 12.7. The zero-order valence-corrected chi connectivity index (χ0v) is 14.1. The Bertz CT molecular complexity index is 896. The van der Waals surface area contributed by atoms with Gasteiger partial charge in [-0.3, -0.25) is 9.78 Å². The van der Waals surface area contributed by atoms with Crippen molar-refractivity contribution in [1.29, 1.82) is 0 Å². The second-order valence-electron chi connectivity index (χ2n) is 5.29. The maximum Gasteiger partial charge on any atom is 0.211 e. The normalized spacial score (nSPS) is 10.4. The molecule has 0 saturated heterocycles. The highest BCUT2D eigenvalue weighted by atomic mass is 16.5. The molecule has 26 heavy (non-hydrogen) atoms. The molecule has 0 unspecified atom stereocenters. The number of hydrogen-bond acceptors (Lipinski definition) is 6.